The average Bonchev–Trinajstić information content (AvgIpc) is 3.01. The van der Waals surface area contributed by atoms with Crippen molar-refractivity contribution in [2.24, 2.45) is 5.92 Å². The van der Waals surface area contributed by atoms with E-state index >= 15 is 0 Å². The number of aromatic nitrogens is 1. The molecule has 1 aliphatic rings. The van der Waals surface area contributed by atoms with E-state index in [4.69, 9.17) is 0 Å². The minimum atomic E-state index is -0.933. The first kappa shape index (κ1) is 16.0. The summed E-state index contributed by atoms with van der Waals surface area (Å²) in [5.74, 6) is -2.32. The highest BCUT2D eigenvalue weighted by atomic mass is 16.4. The van der Waals surface area contributed by atoms with Gasteiger partial charge in [-0.2, -0.15) is 0 Å². The monoisotopic (exact) mass is 326 g/mol. The Hall–Kier alpha value is -2.89. The van der Waals surface area contributed by atoms with E-state index < -0.39 is 23.4 Å². The highest BCUT2D eigenvalue weighted by Crippen LogP contribution is 2.33. The summed E-state index contributed by atoms with van der Waals surface area (Å²) < 4.78 is 0. The number of aryl methyl sites for hydroxylation is 1. The van der Waals surface area contributed by atoms with Crippen LogP contribution in [-0.2, 0) is 4.79 Å². The number of likely N-dealkylation sites (tertiary alicyclic amines) is 1. The minimum Gasteiger partial charge on any atom is -0.481 e. The van der Waals surface area contributed by atoms with Crippen molar-refractivity contribution in [3.05, 3.63) is 69.6 Å². The third kappa shape index (κ3) is 2.95. The number of benzene rings is 1. The highest BCUT2D eigenvalue weighted by molar-refractivity contribution is 5.94. The van der Waals surface area contributed by atoms with E-state index in [0.717, 1.165) is 5.56 Å². The van der Waals surface area contributed by atoms with Gasteiger partial charge in [0, 0.05) is 24.7 Å². The molecule has 2 atom stereocenters. The number of H-pyrrole nitrogens is 1. The Bertz CT molecular complexity index is 828. The van der Waals surface area contributed by atoms with E-state index in [-0.39, 0.29) is 24.6 Å². The number of carbonyl (C=O) groups excluding carboxylic acids is 1. The molecule has 6 heteroatoms. The Morgan fingerprint density at radius 3 is 2.46 bits per heavy atom. The smallest absolute Gasteiger partial charge is 0.308 e. The SMILES string of the molecule is Cc1ccc(C(=O)N2C[C@@H](C(=O)O)[C@H](c3ccccc3)C2)c(=O)[nH]1. The maximum atomic E-state index is 12.6. The van der Waals surface area contributed by atoms with Gasteiger partial charge in [-0.15, -0.1) is 0 Å². The van der Waals surface area contributed by atoms with Crippen LogP contribution in [0.3, 0.4) is 0 Å². The van der Waals surface area contributed by atoms with Gasteiger partial charge in [-0.1, -0.05) is 30.3 Å². The van der Waals surface area contributed by atoms with Crippen molar-refractivity contribution in [2.45, 2.75) is 12.8 Å². The lowest BCUT2D eigenvalue weighted by atomic mass is 9.89. The second-order valence-electron chi connectivity index (χ2n) is 6.06. The van der Waals surface area contributed by atoms with Gasteiger partial charge < -0.3 is 15.0 Å². The molecule has 124 valence electrons. The van der Waals surface area contributed by atoms with Crippen LogP contribution < -0.4 is 5.56 Å². The number of rotatable bonds is 3. The van der Waals surface area contributed by atoms with Crippen LogP contribution in [0, 0.1) is 12.8 Å². The highest BCUT2D eigenvalue weighted by Gasteiger charge is 2.40. The Morgan fingerprint density at radius 2 is 1.83 bits per heavy atom. The summed E-state index contributed by atoms with van der Waals surface area (Å²) in [7, 11) is 0. The fourth-order valence-corrected chi connectivity index (χ4v) is 3.17. The number of nitrogens with one attached hydrogen (secondary N) is 1. The molecule has 0 saturated carbocycles. The van der Waals surface area contributed by atoms with Crippen molar-refractivity contribution in [1.82, 2.24) is 9.88 Å². The van der Waals surface area contributed by atoms with Crippen LogP contribution in [0.25, 0.3) is 0 Å². The van der Waals surface area contributed by atoms with E-state index in [0.29, 0.717) is 5.69 Å². The molecule has 6 nitrogen and oxygen atoms in total. The first-order valence-corrected chi connectivity index (χ1v) is 7.74. The van der Waals surface area contributed by atoms with Crippen LogP contribution >= 0.6 is 0 Å². The number of carbonyl (C=O) groups is 2. The summed E-state index contributed by atoms with van der Waals surface area (Å²) in [6.07, 6.45) is 0. The zero-order chi connectivity index (χ0) is 17.3. The maximum absolute atomic E-state index is 12.6. The molecule has 1 aromatic carbocycles. The molecular formula is C18H18N2O4. The van der Waals surface area contributed by atoms with Crippen molar-refractivity contribution in [3.8, 4) is 0 Å². The lowest BCUT2D eigenvalue weighted by Gasteiger charge is -2.16. The summed E-state index contributed by atoms with van der Waals surface area (Å²) in [4.78, 5) is 40.3. The molecule has 0 unspecified atom stereocenters. The normalized spacial score (nSPS) is 20.1. The molecular weight excluding hydrogens is 308 g/mol. The molecule has 3 rings (SSSR count). The summed E-state index contributed by atoms with van der Waals surface area (Å²) in [5.41, 5.74) is 1.15. The minimum absolute atomic E-state index is 0.0402. The summed E-state index contributed by atoms with van der Waals surface area (Å²) >= 11 is 0. The number of aliphatic carboxylic acids is 1. The molecule has 1 amide bonds. The van der Waals surface area contributed by atoms with Gasteiger partial charge in [-0.05, 0) is 24.6 Å². The number of nitrogens with zero attached hydrogens (tertiary/aromatic N) is 1. The van der Waals surface area contributed by atoms with Crippen molar-refractivity contribution >= 4 is 11.9 Å². The van der Waals surface area contributed by atoms with Gasteiger partial charge in [0.2, 0.25) is 0 Å². The molecule has 24 heavy (non-hydrogen) atoms. The number of hydrogen-bond acceptors (Lipinski definition) is 3. The van der Waals surface area contributed by atoms with Gasteiger partial charge in [-0.25, -0.2) is 0 Å². The van der Waals surface area contributed by atoms with Crippen LogP contribution in [0.5, 0.6) is 0 Å². The number of carboxylic acids is 1. The average molecular weight is 326 g/mol. The lowest BCUT2D eigenvalue weighted by Crippen LogP contribution is -2.34. The van der Waals surface area contributed by atoms with E-state index in [1.807, 2.05) is 30.3 Å². The van der Waals surface area contributed by atoms with Gasteiger partial charge in [-0.3, -0.25) is 14.4 Å². The first-order valence-electron chi connectivity index (χ1n) is 7.74. The topological polar surface area (TPSA) is 90.5 Å². The molecule has 1 aromatic heterocycles. The Labute approximate surface area is 138 Å². The lowest BCUT2D eigenvalue weighted by molar-refractivity contribution is -0.141. The first-order chi connectivity index (χ1) is 11.5. The summed E-state index contributed by atoms with van der Waals surface area (Å²) in [5, 5.41) is 9.50. The zero-order valence-electron chi connectivity index (χ0n) is 13.2. The second kappa shape index (κ2) is 6.31. The summed E-state index contributed by atoms with van der Waals surface area (Å²) in [6.45, 7) is 2.12. The third-order valence-corrected chi connectivity index (χ3v) is 4.44. The molecule has 0 radical (unpaired) electrons. The Kier molecular flexibility index (Phi) is 4.20. The molecule has 2 N–H and O–H groups in total. The van der Waals surface area contributed by atoms with Gasteiger partial charge >= 0.3 is 5.97 Å². The van der Waals surface area contributed by atoms with Crippen molar-refractivity contribution in [2.75, 3.05) is 13.1 Å². The van der Waals surface area contributed by atoms with Gasteiger partial charge in [0.25, 0.3) is 11.5 Å². The fourth-order valence-electron chi connectivity index (χ4n) is 3.17. The molecule has 0 aliphatic carbocycles. The second-order valence-corrected chi connectivity index (χ2v) is 6.06. The maximum Gasteiger partial charge on any atom is 0.308 e. The number of pyridine rings is 1. The van der Waals surface area contributed by atoms with Crippen molar-refractivity contribution in [1.29, 1.82) is 0 Å². The molecule has 0 bridgehead atoms. The van der Waals surface area contributed by atoms with Gasteiger partial charge in [0.1, 0.15) is 5.56 Å². The number of hydrogen-bond donors (Lipinski definition) is 2. The van der Waals surface area contributed by atoms with E-state index in [9.17, 15) is 19.5 Å². The zero-order valence-corrected chi connectivity index (χ0v) is 13.2. The van der Waals surface area contributed by atoms with Crippen LogP contribution in [0.2, 0.25) is 0 Å². The van der Waals surface area contributed by atoms with Gasteiger partial charge in [0.15, 0.2) is 0 Å². The van der Waals surface area contributed by atoms with Crippen molar-refractivity contribution in [3.63, 3.8) is 0 Å². The largest absolute Gasteiger partial charge is 0.481 e. The Balaban J connectivity index is 1.89. The summed E-state index contributed by atoms with van der Waals surface area (Å²) in [6, 6.07) is 12.5. The third-order valence-electron chi connectivity index (χ3n) is 4.44. The van der Waals surface area contributed by atoms with Crippen LogP contribution in [0.15, 0.2) is 47.3 Å². The van der Waals surface area contributed by atoms with Crippen LogP contribution in [0.1, 0.15) is 27.5 Å². The number of amides is 1. The molecule has 1 aliphatic heterocycles. The predicted molar refractivity (Wildman–Crippen MR) is 88.0 cm³/mol. The van der Waals surface area contributed by atoms with Crippen LogP contribution in [0.4, 0.5) is 0 Å². The predicted octanol–water partition coefficient (Wildman–Crippen LogP) is 1.62. The molecule has 2 aromatic rings. The standard InChI is InChI=1S/C18H18N2O4/c1-11-7-8-13(16(21)19-11)17(22)20-9-14(15(10-20)18(23)24)12-5-3-2-4-6-12/h2-8,14-15H,9-10H2,1H3,(H,19,21)(H,23,24)/t14-,15+/m0/s1. The quantitative estimate of drug-likeness (QED) is 0.897. The molecule has 1 saturated heterocycles. The fraction of sp³-hybridized carbons (Fsp3) is 0.278. The molecule has 0 spiro atoms. The van der Waals surface area contributed by atoms with Crippen LogP contribution in [-0.4, -0.2) is 40.0 Å². The number of carboxylic acid groups (broad SMARTS) is 1. The molecule has 2 heterocycles. The van der Waals surface area contributed by atoms with E-state index in [1.54, 1.807) is 13.0 Å². The Morgan fingerprint density at radius 1 is 1.12 bits per heavy atom. The van der Waals surface area contributed by atoms with Crippen molar-refractivity contribution < 1.29 is 14.7 Å². The molecule has 1 fully saturated rings. The van der Waals surface area contributed by atoms with E-state index in [1.165, 1.54) is 11.0 Å². The van der Waals surface area contributed by atoms with E-state index in [2.05, 4.69) is 4.98 Å². The van der Waals surface area contributed by atoms with Gasteiger partial charge in [0.05, 0.1) is 5.92 Å². The number of aromatic amines is 1.